The monoisotopic (exact) mass is 249 g/mol. The van der Waals surface area contributed by atoms with Crippen LogP contribution in [0.15, 0.2) is 23.0 Å². The van der Waals surface area contributed by atoms with Gasteiger partial charge in [0.25, 0.3) is 5.91 Å². The van der Waals surface area contributed by atoms with Gasteiger partial charge < -0.3 is 14.8 Å². The predicted molar refractivity (Wildman–Crippen MR) is 69.7 cm³/mol. The summed E-state index contributed by atoms with van der Waals surface area (Å²) in [5, 5.41) is 0. The molecule has 1 atom stereocenters. The molecule has 0 bridgehead atoms. The summed E-state index contributed by atoms with van der Waals surface area (Å²) in [6, 6.07) is 5.08. The maximum atomic E-state index is 12.3. The zero-order valence-corrected chi connectivity index (χ0v) is 10.8. The Morgan fingerprint density at radius 2 is 2.22 bits per heavy atom. The molecule has 1 N–H and O–H groups in total. The number of piperidine rings is 1. The first-order chi connectivity index (χ1) is 8.58. The molecule has 1 aliphatic rings. The summed E-state index contributed by atoms with van der Waals surface area (Å²) in [5.74, 6) is -0.0840. The number of rotatable bonds is 2. The highest BCUT2D eigenvalue weighted by atomic mass is 16.2. The highest BCUT2D eigenvalue weighted by Gasteiger charge is 2.25. The topological polar surface area (TPSA) is 56.4 Å². The quantitative estimate of drug-likeness (QED) is 0.832. The first-order valence-corrected chi connectivity index (χ1v) is 6.23. The third kappa shape index (κ3) is 2.79. The summed E-state index contributed by atoms with van der Waals surface area (Å²) in [4.78, 5) is 30.0. The molecule has 1 aliphatic heterocycles. The largest absolute Gasteiger partial charge is 0.336 e. The fraction of sp³-hybridized carbons (Fsp3) is 0.538. The van der Waals surface area contributed by atoms with Crippen LogP contribution in [0.5, 0.6) is 0 Å². The van der Waals surface area contributed by atoms with Crippen LogP contribution in [0.25, 0.3) is 0 Å². The fourth-order valence-electron chi connectivity index (χ4n) is 2.30. The molecule has 0 saturated carbocycles. The normalized spacial score (nSPS) is 20.2. The Balaban J connectivity index is 2.11. The van der Waals surface area contributed by atoms with Gasteiger partial charge in [0, 0.05) is 25.2 Å². The minimum absolute atomic E-state index is 0.0840. The zero-order chi connectivity index (χ0) is 13.1. The van der Waals surface area contributed by atoms with Crippen LogP contribution in [-0.2, 0) is 0 Å². The second kappa shape index (κ2) is 5.35. The van der Waals surface area contributed by atoms with E-state index in [0.717, 1.165) is 25.9 Å². The summed E-state index contributed by atoms with van der Waals surface area (Å²) in [5.41, 5.74) is 0.143. The van der Waals surface area contributed by atoms with Crippen molar-refractivity contribution in [3.63, 3.8) is 0 Å². The van der Waals surface area contributed by atoms with Crippen molar-refractivity contribution in [2.24, 2.45) is 0 Å². The number of hydrogen-bond donors (Lipinski definition) is 1. The highest BCUT2D eigenvalue weighted by molar-refractivity contribution is 5.92. The number of aromatic nitrogens is 1. The minimum atomic E-state index is -0.234. The molecular formula is C13H19N3O2. The van der Waals surface area contributed by atoms with Crippen LogP contribution in [0, 0.1) is 0 Å². The molecule has 1 unspecified atom stereocenters. The highest BCUT2D eigenvalue weighted by Crippen LogP contribution is 2.15. The number of carbonyl (C=O) groups is 1. The maximum absolute atomic E-state index is 12.3. The Bertz CT molecular complexity index is 481. The van der Waals surface area contributed by atoms with Crippen molar-refractivity contribution in [1.82, 2.24) is 14.8 Å². The number of aromatic amines is 1. The lowest BCUT2D eigenvalue weighted by molar-refractivity contribution is 0.0629. The van der Waals surface area contributed by atoms with Crippen LogP contribution in [0.4, 0.5) is 0 Å². The molecule has 0 radical (unpaired) electrons. The number of nitrogens with one attached hydrogen (secondary N) is 1. The van der Waals surface area contributed by atoms with E-state index in [1.807, 2.05) is 19.0 Å². The second-order valence-corrected chi connectivity index (χ2v) is 4.94. The molecule has 1 saturated heterocycles. The summed E-state index contributed by atoms with van der Waals surface area (Å²) in [6.45, 7) is 1.49. The van der Waals surface area contributed by atoms with E-state index in [9.17, 15) is 9.59 Å². The Morgan fingerprint density at radius 3 is 2.89 bits per heavy atom. The molecule has 1 fully saturated rings. The number of likely N-dealkylation sites (N-methyl/N-ethyl adjacent to an activating group) is 1. The second-order valence-electron chi connectivity index (χ2n) is 4.94. The van der Waals surface area contributed by atoms with Gasteiger partial charge in [-0.25, -0.2) is 0 Å². The van der Waals surface area contributed by atoms with Gasteiger partial charge in [0.15, 0.2) is 0 Å². The molecule has 98 valence electrons. The number of likely N-dealkylation sites (tertiary alicyclic amines) is 1. The number of carbonyl (C=O) groups excluding carboxylic acids is 1. The van der Waals surface area contributed by atoms with Gasteiger partial charge in [-0.1, -0.05) is 6.07 Å². The first-order valence-electron chi connectivity index (χ1n) is 6.23. The minimum Gasteiger partial charge on any atom is -0.336 e. The van der Waals surface area contributed by atoms with E-state index in [1.54, 1.807) is 12.1 Å². The van der Waals surface area contributed by atoms with E-state index in [0.29, 0.717) is 11.7 Å². The lowest BCUT2D eigenvalue weighted by Crippen LogP contribution is -2.47. The van der Waals surface area contributed by atoms with Crippen LogP contribution < -0.4 is 5.56 Å². The molecule has 2 heterocycles. The molecule has 0 aromatic carbocycles. The number of nitrogens with zero attached hydrogens (tertiary/aromatic N) is 2. The van der Waals surface area contributed by atoms with Crippen molar-refractivity contribution in [1.29, 1.82) is 0 Å². The average Bonchev–Trinajstić information content (AvgIpc) is 2.38. The Kier molecular flexibility index (Phi) is 3.81. The molecule has 1 amide bonds. The van der Waals surface area contributed by atoms with Crippen LogP contribution in [0.3, 0.4) is 0 Å². The van der Waals surface area contributed by atoms with Gasteiger partial charge in [-0.15, -0.1) is 0 Å². The Labute approximate surface area is 106 Å². The smallest absolute Gasteiger partial charge is 0.270 e. The van der Waals surface area contributed by atoms with Crippen LogP contribution in [-0.4, -0.2) is 53.9 Å². The van der Waals surface area contributed by atoms with E-state index in [4.69, 9.17) is 0 Å². The van der Waals surface area contributed by atoms with Crippen LogP contribution in [0.2, 0.25) is 0 Å². The fourth-order valence-corrected chi connectivity index (χ4v) is 2.30. The third-order valence-electron chi connectivity index (χ3n) is 3.41. The molecule has 5 nitrogen and oxygen atoms in total. The lowest BCUT2D eigenvalue weighted by Gasteiger charge is -2.36. The molecule has 2 rings (SSSR count). The van der Waals surface area contributed by atoms with Crippen LogP contribution >= 0.6 is 0 Å². The SMILES string of the molecule is CN(C)C1CCCN(C(=O)c2cccc(=O)[nH]2)C1. The van der Waals surface area contributed by atoms with Crippen molar-refractivity contribution in [3.8, 4) is 0 Å². The summed E-state index contributed by atoms with van der Waals surface area (Å²) in [7, 11) is 4.06. The molecule has 18 heavy (non-hydrogen) atoms. The van der Waals surface area contributed by atoms with Gasteiger partial charge in [0.1, 0.15) is 5.69 Å². The Morgan fingerprint density at radius 1 is 1.44 bits per heavy atom. The number of hydrogen-bond acceptors (Lipinski definition) is 3. The Hall–Kier alpha value is -1.62. The van der Waals surface area contributed by atoms with E-state index in [1.165, 1.54) is 6.07 Å². The molecule has 1 aromatic rings. The predicted octanol–water partition coefficient (Wildman–Crippen LogP) is 0.541. The summed E-state index contributed by atoms with van der Waals surface area (Å²) < 4.78 is 0. The van der Waals surface area contributed by atoms with E-state index in [2.05, 4.69) is 9.88 Å². The molecule has 1 aromatic heterocycles. The lowest BCUT2D eigenvalue weighted by atomic mass is 10.0. The van der Waals surface area contributed by atoms with E-state index >= 15 is 0 Å². The molecule has 0 aliphatic carbocycles. The van der Waals surface area contributed by atoms with Gasteiger partial charge >= 0.3 is 0 Å². The summed E-state index contributed by atoms with van der Waals surface area (Å²) >= 11 is 0. The van der Waals surface area contributed by atoms with Crippen molar-refractivity contribution in [2.75, 3.05) is 27.2 Å². The number of amides is 1. The molecule has 5 heteroatoms. The maximum Gasteiger partial charge on any atom is 0.270 e. The van der Waals surface area contributed by atoms with E-state index in [-0.39, 0.29) is 11.5 Å². The van der Waals surface area contributed by atoms with Gasteiger partial charge in [-0.3, -0.25) is 9.59 Å². The van der Waals surface area contributed by atoms with Crippen molar-refractivity contribution in [2.45, 2.75) is 18.9 Å². The van der Waals surface area contributed by atoms with Crippen molar-refractivity contribution in [3.05, 3.63) is 34.2 Å². The van der Waals surface area contributed by atoms with Gasteiger partial charge in [-0.05, 0) is 33.0 Å². The van der Waals surface area contributed by atoms with Crippen LogP contribution in [0.1, 0.15) is 23.3 Å². The molecular weight excluding hydrogens is 230 g/mol. The molecule has 0 spiro atoms. The summed E-state index contributed by atoms with van der Waals surface area (Å²) in [6.07, 6.45) is 2.12. The third-order valence-corrected chi connectivity index (χ3v) is 3.41. The number of pyridine rings is 1. The van der Waals surface area contributed by atoms with Crippen molar-refractivity contribution >= 4 is 5.91 Å². The number of H-pyrrole nitrogens is 1. The first kappa shape index (κ1) is 12.8. The average molecular weight is 249 g/mol. The van der Waals surface area contributed by atoms with Gasteiger partial charge in [0.2, 0.25) is 5.56 Å². The van der Waals surface area contributed by atoms with Crippen molar-refractivity contribution < 1.29 is 4.79 Å². The van der Waals surface area contributed by atoms with Gasteiger partial charge in [-0.2, -0.15) is 0 Å². The zero-order valence-electron chi connectivity index (χ0n) is 10.8. The van der Waals surface area contributed by atoms with E-state index < -0.39 is 0 Å². The van der Waals surface area contributed by atoms with Gasteiger partial charge in [0.05, 0.1) is 0 Å². The standard InChI is InChI=1S/C13H19N3O2/c1-15(2)10-5-4-8-16(9-10)13(18)11-6-3-7-12(17)14-11/h3,6-7,10H,4-5,8-9H2,1-2H3,(H,14,17).